The lowest BCUT2D eigenvalue weighted by Crippen LogP contribution is -2.39. The Morgan fingerprint density at radius 2 is 1.87 bits per heavy atom. The van der Waals surface area contributed by atoms with Gasteiger partial charge in [0.05, 0.1) is 6.54 Å². The lowest BCUT2D eigenvalue weighted by molar-refractivity contribution is 0.389. The molecular formula is C18H38N4S. The van der Waals surface area contributed by atoms with Crippen molar-refractivity contribution in [1.29, 1.82) is 0 Å². The van der Waals surface area contributed by atoms with Crippen LogP contribution in [0.2, 0.25) is 0 Å². The first-order chi connectivity index (χ1) is 11.1. The van der Waals surface area contributed by atoms with Crippen LogP contribution in [-0.4, -0.2) is 61.6 Å². The molecule has 0 aromatic heterocycles. The molecular weight excluding hydrogens is 304 g/mol. The van der Waals surface area contributed by atoms with Crippen LogP contribution in [0.5, 0.6) is 0 Å². The molecule has 1 rings (SSSR count). The van der Waals surface area contributed by atoms with Crippen molar-refractivity contribution in [2.75, 3.05) is 46.0 Å². The Labute approximate surface area is 148 Å². The second kappa shape index (κ2) is 12.0. The van der Waals surface area contributed by atoms with Gasteiger partial charge >= 0.3 is 0 Å². The van der Waals surface area contributed by atoms with Crippen molar-refractivity contribution in [1.82, 2.24) is 15.5 Å². The number of guanidine groups is 1. The second-order valence-electron chi connectivity index (χ2n) is 7.09. The minimum Gasteiger partial charge on any atom is -0.357 e. The van der Waals surface area contributed by atoms with E-state index < -0.39 is 0 Å². The second-order valence-corrected chi connectivity index (χ2v) is 8.78. The fourth-order valence-electron chi connectivity index (χ4n) is 2.84. The quantitative estimate of drug-likeness (QED) is 0.343. The highest BCUT2D eigenvalue weighted by molar-refractivity contribution is 8.00. The summed E-state index contributed by atoms with van der Waals surface area (Å²) >= 11 is 2.08. The number of nitrogens with zero attached hydrogens (tertiary/aromatic N) is 2. The average molecular weight is 343 g/mol. The van der Waals surface area contributed by atoms with Gasteiger partial charge in [0, 0.05) is 17.8 Å². The Morgan fingerprint density at radius 1 is 1.13 bits per heavy atom. The van der Waals surface area contributed by atoms with Gasteiger partial charge in [-0.15, -0.1) is 0 Å². The van der Waals surface area contributed by atoms with Gasteiger partial charge in [0.15, 0.2) is 5.96 Å². The zero-order valence-corrected chi connectivity index (χ0v) is 16.6. The van der Waals surface area contributed by atoms with E-state index in [0.717, 1.165) is 25.6 Å². The maximum atomic E-state index is 4.80. The molecule has 1 unspecified atom stereocenters. The van der Waals surface area contributed by atoms with E-state index in [1.807, 2.05) is 0 Å². The molecule has 5 heteroatoms. The van der Waals surface area contributed by atoms with Gasteiger partial charge in [-0.1, -0.05) is 19.3 Å². The van der Waals surface area contributed by atoms with Gasteiger partial charge in [-0.05, 0) is 65.9 Å². The SMILES string of the molecule is CCNC(=NCC1(C)CCCS1)NCCCCCCCN(C)C. The van der Waals surface area contributed by atoms with E-state index in [9.17, 15) is 0 Å². The third-order valence-corrected chi connectivity index (χ3v) is 5.81. The number of unbranched alkanes of at least 4 members (excludes halogenated alkanes) is 4. The number of nitrogens with one attached hydrogen (secondary N) is 2. The average Bonchev–Trinajstić information content (AvgIpc) is 2.94. The predicted molar refractivity (Wildman–Crippen MR) is 106 cm³/mol. The summed E-state index contributed by atoms with van der Waals surface area (Å²) in [5, 5.41) is 6.86. The monoisotopic (exact) mass is 342 g/mol. The zero-order chi connectivity index (χ0) is 17.0. The minimum atomic E-state index is 0.356. The molecule has 2 N–H and O–H groups in total. The third kappa shape index (κ3) is 10.1. The molecule has 0 radical (unpaired) electrons. The molecule has 4 nitrogen and oxygen atoms in total. The van der Waals surface area contributed by atoms with Crippen LogP contribution in [-0.2, 0) is 0 Å². The molecule has 1 aliphatic rings. The molecule has 1 heterocycles. The highest BCUT2D eigenvalue weighted by Gasteiger charge is 2.29. The summed E-state index contributed by atoms with van der Waals surface area (Å²) in [6, 6.07) is 0. The fraction of sp³-hybridized carbons (Fsp3) is 0.944. The first kappa shape index (κ1) is 20.6. The Balaban J connectivity index is 2.13. The number of aliphatic imine (C=N–C) groups is 1. The van der Waals surface area contributed by atoms with Crippen molar-refractivity contribution < 1.29 is 0 Å². The summed E-state index contributed by atoms with van der Waals surface area (Å²) in [5.74, 6) is 2.29. The Bertz CT molecular complexity index is 325. The maximum absolute atomic E-state index is 4.80. The topological polar surface area (TPSA) is 39.7 Å². The van der Waals surface area contributed by atoms with Crippen LogP contribution in [0, 0.1) is 0 Å². The largest absolute Gasteiger partial charge is 0.357 e. The highest BCUT2D eigenvalue weighted by atomic mass is 32.2. The van der Waals surface area contributed by atoms with Gasteiger partial charge in [-0.25, -0.2) is 0 Å². The lowest BCUT2D eigenvalue weighted by Gasteiger charge is -2.21. The molecule has 1 saturated heterocycles. The van der Waals surface area contributed by atoms with Gasteiger partial charge < -0.3 is 15.5 Å². The van der Waals surface area contributed by atoms with Crippen LogP contribution in [0.4, 0.5) is 0 Å². The third-order valence-electron chi connectivity index (χ3n) is 4.29. The van der Waals surface area contributed by atoms with E-state index in [-0.39, 0.29) is 0 Å². The number of hydrogen-bond donors (Lipinski definition) is 2. The molecule has 1 aliphatic heterocycles. The van der Waals surface area contributed by atoms with E-state index in [1.54, 1.807) is 0 Å². The van der Waals surface area contributed by atoms with Crippen molar-refractivity contribution in [3.05, 3.63) is 0 Å². The van der Waals surface area contributed by atoms with Crippen LogP contribution >= 0.6 is 11.8 Å². The minimum absolute atomic E-state index is 0.356. The molecule has 0 aliphatic carbocycles. The van der Waals surface area contributed by atoms with Crippen molar-refractivity contribution >= 4 is 17.7 Å². The van der Waals surface area contributed by atoms with E-state index in [2.05, 4.69) is 55.2 Å². The molecule has 0 aromatic rings. The molecule has 0 saturated carbocycles. The Morgan fingerprint density at radius 3 is 2.52 bits per heavy atom. The molecule has 0 bridgehead atoms. The fourth-order valence-corrected chi connectivity index (χ4v) is 4.07. The normalized spacial score (nSPS) is 21.9. The molecule has 1 atom stereocenters. The molecule has 0 spiro atoms. The Kier molecular flexibility index (Phi) is 10.8. The van der Waals surface area contributed by atoms with Crippen LogP contribution in [0.25, 0.3) is 0 Å². The van der Waals surface area contributed by atoms with Crippen molar-refractivity contribution in [2.45, 2.75) is 63.5 Å². The maximum Gasteiger partial charge on any atom is 0.191 e. The highest BCUT2D eigenvalue weighted by Crippen LogP contribution is 2.37. The standard InChI is InChI=1S/C18H38N4S/c1-5-19-17(21-16-18(2)12-11-15-23-18)20-13-9-7-6-8-10-14-22(3)4/h5-16H2,1-4H3,(H2,19,20,21). The lowest BCUT2D eigenvalue weighted by atomic mass is 10.1. The van der Waals surface area contributed by atoms with Crippen molar-refractivity contribution in [3.63, 3.8) is 0 Å². The predicted octanol–water partition coefficient (Wildman–Crippen LogP) is 3.34. The van der Waals surface area contributed by atoms with Gasteiger partial charge in [0.1, 0.15) is 0 Å². The van der Waals surface area contributed by atoms with Gasteiger partial charge in [-0.2, -0.15) is 11.8 Å². The number of rotatable bonds is 11. The molecule has 136 valence electrons. The summed E-state index contributed by atoms with van der Waals surface area (Å²) in [5.41, 5.74) is 0. The summed E-state index contributed by atoms with van der Waals surface area (Å²) in [7, 11) is 4.30. The molecule has 1 fully saturated rings. The number of thioether (sulfide) groups is 1. The number of hydrogen-bond acceptors (Lipinski definition) is 3. The Hall–Kier alpha value is -0.420. The molecule has 23 heavy (non-hydrogen) atoms. The zero-order valence-electron chi connectivity index (χ0n) is 15.8. The van der Waals surface area contributed by atoms with E-state index in [0.29, 0.717) is 4.75 Å². The summed E-state index contributed by atoms with van der Waals surface area (Å²) in [6.07, 6.45) is 9.20. The van der Waals surface area contributed by atoms with Crippen LogP contribution in [0.3, 0.4) is 0 Å². The van der Waals surface area contributed by atoms with E-state index in [1.165, 1.54) is 57.2 Å². The molecule has 0 aromatic carbocycles. The summed E-state index contributed by atoms with van der Waals surface area (Å²) in [6.45, 7) is 8.59. The van der Waals surface area contributed by atoms with Gasteiger partial charge in [-0.3, -0.25) is 4.99 Å². The first-order valence-corrected chi connectivity index (χ1v) is 10.4. The van der Waals surface area contributed by atoms with E-state index in [4.69, 9.17) is 4.99 Å². The van der Waals surface area contributed by atoms with Crippen LogP contribution in [0.1, 0.15) is 58.8 Å². The van der Waals surface area contributed by atoms with Crippen molar-refractivity contribution in [3.8, 4) is 0 Å². The molecule has 0 amide bonds. The van der Waals surface area contributed by atoms with Crippen LogP contribution < -0.4 is 10.6 Å². The van der Waals surface area contributed by atoms with Crippen molar-refractivity contribution in [2.24, 2.45) is 4.99 Å². The van der Waals surface area contributed by atoms with Gasteiger partial charge in [0.2, 0.25) is 0 Å². The van der Waals surface area contributed by atoms with E-state index >= 15 is 0 Å². The van der Waals surface area contributed by atoms with Gasteiger partial charge in [0.25, 0.3) is 0 Å². The summed E-state index contributed by atoms with van der Waals surface area (Å²) < 4.78 is 0.356. The summed E-state index contributed by atoms with van der Waals surface area (Å²) in [4.78, 5) is 7.07. The smallest absolute Gasteiger partial charge is 0.191 e. The van der Waals surface area contributed by atoms with Crippen LogP contribution in [0.15, 0.2) is 4.99 Å². The first-order valence-electron chi connectivity index (χ1n) is 9.36.